The number of ether oxygens (including phenoxy) is 1. The van der Waals surface area contributed by atoms with E-state index in [-0.39, 0.29) is 28.6 Å². The highest BCUT2D eigenvalue weighted by Gasteiger charge is 2.52. The molecule has 0 bridgehead atoms. The number of hydrogen-bond acceptors (Lipinski definition) is 5. The van der Waals surface area contributed by atoms with E-state index >= 15 is 0 Å². The van der Waals surface area contributed by atoms with Crippen molar-refractivity contribution in [2.75, 3.05) is 6.61 Å². The Bertz CT molecular complexity index is 1370. The highest BCUT2D eigenvalue weighted by Crippen LogP contribution is 2.45. The summed E-state index contributed by atoms with van der Waals surface area (Å²) in [6.45, 7) is 4.26. The number of hydrogen-bond donors (Lipinski definition) is 2. The van der Waals surface area contributed by atoms with Crippen LogP contribution in [0, 0.1) is 10.8 Å². The molecule has 0 atom stereocenters. The molecule has 11 heteroatoms. The molecule has 0 saturated heterocycles. The van der Waals surface area contributed by atoms with Crippen molar-refractivity contribution in [1.29, 1.82) is 0 Å². The normalized spacial score (nSPS) is 14.8. The largest absolute Gasteiger partial charge is 0.493 e. The van der Waals surface area contributed by atoms with Gasteiger partial charge >= 0.3 is 11.9 Å². The molecule has 0 spiro atoms. The van der Waals surface area contributed by atoms with Gasteiger partial charge in [-0.3, -0.25) is 9.78 Å². The van der Waals surface area contributed by atoms with E-state index in [1.165, 1.54) is 6.07 Å². The average Bonchev–Trinajstić information content (AvgIpc) is 3.58. The minimum absolute atomic E-state index is 0.130. The molecule has 1 aliphatic carbocycles. The second kappa shape index (κ2) is 9.81. The lowest BCUT2D eigenvalue weighted by Gasteiger charge is -2.26. The van der Waals surface area contributed by atoms with Crippen LogP contribution in [0.15, 0.2) is 47.3 Å². The van der Waals surface area contributed by atoms with Crippen LogP contribution in [0.1, 0.15) is 39.2 Å². The van der Waals surface area contributed by atoms with E-state index in [1.54, 1.807) is 36.4 Å². The average molecular weight is 535 g/mol. The van der Waals surface area contributed by atoms with Crippen molar-refractivity contribution in [2.24, 2.45) is 10.8 Å². The summed E-state index contributed by atoms with van der Waals surface area (Å²) in [5.41, 5.74) is -1.56. The fraction of sp³-hybridized carbons (Fsp3) is 0.385. The Labute approximate surface area is 216 Å². The first-order chi connectivity index (χ1) is 17.3. The first kappa shape index (κ1) is 26.7. The van der Waals surface area contributed by atoms with Gasteiger partial charge in [0, 0.05) is 23.1 Å². The minimum Gasteiger partial charge on any atom is -0.493 e. The van der Waals surface area contributed by atoms with Crippen LogP contribution in [0.2, 0.25) is 5.02 Å². The number of benzene rings is 2. The number of halogens is 4. The molecule has 1 aromatic heterocycles. The van der Waals surface area contributed by atoms with Gasteiger partial charge in [0.05, 0.1) is 11.6 Å². The van der Waals surface area contributed by atoms with Crippen molar-refractivity contribution < 1.29 is 22.7 Å². The van der Waals surface area contributed by atoms with E-state index in [0.717, 1.165) is 26.7 Å². The predicted octanol–water partition coefficient (Wildman–Crippen LogP) is 5.54. The monoisotopic (exact) mass is 534 g/mol. The van der Waals surface area contributed by atoms with Crippen LogP contribution in [-0.2, 0) is 11.3 Å². The number of carbonyl (C=O) groups is 1. The van der Waals surface area contributed by atoms with Crippen molar-refractivity contribution >= 4 is 17.5 Å². The number of H-pyrrole nitrogens is 1. The van der Waals surface area contributed by atoms with Gasteiger partial charge in [-0.25, -0.2) is 9.78 Å². The van der Waals surface area contributed by atoms with Crippen LogP contribution < -0.4 is 15.7 Å². The fourth-order valence-electron chi connectivity index (χ4n) is 3.35. The van der Waals surface area contributed by atoms with Gasteiger partial charge in [0.1, 0.15) is 17.0 Å². The third-order valence-electron chi connectivity index (χ3n) is 6.47. The topological polar surface area (TPSA) is 97.0 Å². The summed E-state index contributed by atoms with van der Waals surface area (Å²) < 4.78 is 45.3. The van der Waals surface area contributed by atoms with Gasteiger partial charge in [0.2, 0.25) is 5.91 Å². The first-order valence-corrected chi connectivity index (χ1v) is 12.0. The standard InChI is InChI=1S/C26H26ClF3N4O3/c1-24(2,26(28,29)30)22(35)31-13-15-4-9-19(27)18(12-15)21-32-20(33-23(36)34-21)16-5-7-17(8-6-16)37-14-25(3)10-11-25/h4-9,12H,10-11,13-14H2,1-3H3,(H,31,35)(H,32,33,34,36). The summed E-state index contributed by atoms with van der Waals surface area (Å²) in [5, 5.41) is 2.56. The number of rotatable bonds is 8. The van der Waals surface area contributed by atoms with E-state index in [2.05, 4.69) is 27.2 Å². The molecule has 0 radical (unpaired) electrons. The summed E-state index contributed by atoms with van der Waals surface area (Å²) in [6, 6.07) is 11.7. The molecule has 1 heterocycles. The van der Waals surface area contributed by atoms with Gasteiger partial charge < -0.3 is 10.1 Å². The molecule has 0 aliphatic heterocycles. The number of aromatic nitrogens is 3. The second-order valence-corrected chi connectivity index (χ2v) is 10.5. The zero-order valence-electron chi connectivity index (χ0n) is 20.5. The Morgan fingerprint density at radius 1 is 1.14 bits per heavy atom. The van der Waals surface area contributed by atoms with Gasteiger partial charge in [-0.15, -0.1) is 0 Å². The van der Waals surface area contributed by atoms with Gasteiger partial charge in [-0.1, -0.05) is 24.6 Å². The van der Waals surface area contributed by atoms with Crippen molar-refractivity contribution in [1.82, 2.24) is 20.3 Å². The highest BCUT2D eigenvalue weighted by molar-refractivity contribution is 6.33. The first-order valence-electron chi connectivity index (χ1n) is 11.6. The molecule has 7 nitrogen and oxygen atoms in total. The molecule has 0 unspecified atom stereocenters. The zero-order chi connectivity index (χ0) is 27.0. The van der Waals surface area contributed by atoms with E-state index in [0.29, 0.717) is 29.0 Å². The molecule has 1 aliphatic rings. The lowest BCUT2D eigenvalue weighted by Crippen LogP contribution is -2.46. The minimum atomic E-state index is -4.70. The summed E-state index contributed by atoms with van der Waals surface area (Å²) in [6.07, 6.45) is -2.40. The van der Waals surface area contributed by atoms with Crippen molar-refractivity contribution in [3.05, 3.63) is 63.5 Å². The molecule has 1 amide bonds. The summed E-state index contributed by atoms with van der Waals surface area (Å²) in [5.74, 6) is -0.159. The zero-order valence-corrected chi connectivity index (χ0v) is 21.3. The molecule has 1 saturated carbocycles. The number of aromatic amines is 1. The number of nitrogens with one attached hydrogen (secondary N) is 2. The lowest BCUT2D eigenvalue weighted by molar-refractivity contribution is -0.211. The highest BCUT2D eigenvalue weighted by atomic mass is 35.5. The third kappa shape index (κ3) is 6.12. The van der Waals surface area contributed by atoms with Crippen LogP contribution in [0.3, 0.4) is 0 Å². The Hall–Kier alpha value is -3.40. The molecule has 2 aromatic carbocycles. The number of alkyl halides is 3. The summed E-state index contributed by atoms with van der Waals surface area (Å²) in [4.78, 5) is 35.4. The van der Waals surface area contributed by atoms with Gasteiger partial charge in [0.25, 0.3) is 0 Å². The second-order valence-electron chi connectivity index (χ2n) is 10.1. The molecule has 1 fully saturated rings. The smallest absolute Gasteiger partial charge is 0.402 e. The van der Waals surface area contributed by atoms with Crippen molar-refractivity contribution in [2.45, 2.75) is 46.3 Å². The molecule has 3 aromatic rings. The van der Waals surface area contributed by atoms with Gasteiger partial charge in [-0.05, 0) is 68.7 Å². The molecule has 196 valence electrons. The van der Waals surface area contributed by atoms with E-state index in [4.69, 9.17) is 16.3 Å². The maximum atomic E-state index is 13.1. The van der Waals surface area contributed by atoms with Gasteiger partial charge in [-0.2, -0.15) is 18.2 Å². The van der Waals surface area contributed by atoms with Crippen LogP contribution in [0.25, 0.3) is 22.8 Å². The van der Waals surface area contributed by atoms with Crippen LogP contribution in [0.4, 0.5) is 13.2 Å². The molecular weight excluding hydrogens is 509 g/mol. The molecule has 37 heavy (non-hydrogen) atoms. The Morgan fingerprint density at radius 2 is 1.81 bits per heavy atom. The van der Waals surface area contributed by atoms with Crippen molar-refractivity contribution in [3.8, 4) is 28.5 Å². The van der Waals surface area contributed by atoms with E-state index in [1.807, 2.05) is 0 Å². The van der Waals surface area contributed by atoms with Gasteiger partial charge in [0.15, 0.2) is 5.82 Å². The Kier molecular flexibility index (Phi) is 7.07. The SMILES string of the molecule is CC1(COc2ccc(-c3nc(-c4cc(CNC(=O)C(C)(C)C(F)(F)F)ccc4Cl)[nH]c(=O)n3)cc2)CC1. The Balaban J connectivity index is 1.54. The molecular formula is C26H26ClF3N4O3. The summed E-state index contributed by atoms with van der Waals surface area (Å²) in [7, 11) is 0. The lowest BCUT2D eigenvalue weighted by atomic mass is 9.91. The van der Waals surface area contributed by atoms with Crippen molar-refractivity contribution in [3.63, 3.8) is 0 Å². The van der Waals surface area contributed by atoms with E-state index in [9.17, 15) is 22.8 Å². The fourth-order valence-corrected chi connectivity index (χ4v) is 3.56. The number of amides is 1. The summed E-state index contributed by atoms with van der Waals surface area (Å²) >= 11 is 6.34. The van der Waals surface area contributed by atoms with Crippen LogP contribution in [-0.4, -0.2) is 33.6 Å². The molecule has 2 N–H and O–H groups in total. The van der Waals surface area contributed by atoms with E-state index < -0.39 is 23.2 Å². The number of nitrogens with zero attached hydrogens (tertiary/aromatic N) is 2. The van der Waals surface area contributed by atoms with Crippen LogP contribution >= 0.6 is 11.6 Å². The predicted molar refractivity (Wildman–Crippen MR) is 133 cm³/mol. The maximum absolute atomic E-state index is 13.1. The Morgan fingerprint density at radius 3 is 2.43 bits per heavy atom. The quantitative estimate of drug-likeness (QED) is 0.396. The maximum Gasteiger partial charge on any atom is 0.402 e. The third-order valence-corrected chi connectivity index (χ3v) is 6.80. The number of carbonyl (C=O) groups excluding carboxylic acids is 1. The van der Waals surface area contributed by atoms with Crippen LogP contribution in [0.5, 0.6) is 5.75 Å². The molecule has 4 rings (SSSR count).